The Morgan fingerprint density at radius 1 is 1.00 bits per heavy atom. The second-order valence-corrected chi connectivity index (χ2v) is 9.51. The van der Waals surface area contributed by atoms with Gasteiger partial charge in [-0.15, -0.1) is 0 Å². The molecule has 2 aromatic carbocycles. The Morgan fingerprint density at radius 3 is 2.14 bits per heavy atom. The van der Waals surface area contributed by atoms with Gasteiger partial charge in [-0.25, -0.2) is 4.79 Å². The molecule has 7 nitrogen and oxygen atoms in total. The van der Waals surface area contributed by atoms with E-state index in [-0.39, 0.29) is 43.4 Å². The number of amides is 2. The van der Waals surface area contributed by atoms with Gasteiger partial charge in [0.15, 0.2) is 0 Å². The van der Waals surface area contributed by atoms with Crippen molar-refractivity contribution >= 4 is 18.0 Å². The lowest BCUT2D eigenvalue weighted by atomic mass is 9.96. The van der Waals surface area contributed by atoms with Gasteiger partial charge in [0.2, 0.25) is 5.91 Å². The van der Waals surface area contributed by atoms with Gasteiger partial charge in [-0.05, 0) is 34.6 Å². The lowest BCUT2D eigenvalue weighted by Crippen LogP contribution is -2.42. The molecular formula is C28H36N2O5. The Hall–Kier alpha value is -3.35. The number of alkyl carbamates (subject to hydrolysis) is 1. The van der Waals surface area contributed by atoms with Crippen LogP contribution in [0.15, 0.2) is 48.5 Å². The quantitative estimate of drug-likeness (QED) is 0.399. The summed E-state index contributed by atoms with van der Waals surface area (Å²) in [6, 6.07) is 15.9. The highest BCUT2D eigenvalue weighted by Gasteiger charge is 2.29. The second kappa shape index (κ2) is 12.4. The van der Waals surface area contributed by atoms with E-state index in [1.54, 1.807) is 0 Å². The van der Waals surface area contributed by atoms with Gasteiger partial charge in [0.25, 0.3) is 0 Å². The van der Waals surface area contributed by atoms with Gasteiger partial charge in [0.05, 0.1) is 5.92 Å². The first-order valence-electron chi connectivity index (χ1n) is 12.4. The number of rotatable bonds is 12. The van der Waals surface area contributed by atoms with Crippen molar-refractivity contribution in [2.75, 3.05) is 13.2 Å². The summed E-state index contributed by atoms with van der Waals surface area (Å²) in [5, 5.41) is 14.9. The molecule has 0 bridgehead atoms. The fourth-order valence-corrected chi connectivity index (χ4v) is 4.61. The molecule has 3 N–H and O–H groups in total. The smallest absolute Gasteiger partial charge is 0.407 e. The first-order chi connectivity index (χ1) is 16.8. The van der Waals surface area contributed by atoms with Gasteiger partial charge in [-0.3, -0.25) is 9.59 Å². The molecule has 3 rings (SSSR count). The number of nitrogens with one attached hydrogen (secondary N) is 2. The highest BCUT2D eigenvalue weighted by molar-refractivity contribution is 5.80. The summed E-state index contributed by atoms with van der Waals surface area (Å²) in [5.41, 5.74) is 4.61. The van der Waals surface area contributed by atoms with Crippen LogP contribution in [0.25, 0.3) is 11.1 Å². The molecule has 1 aliphatic rings. The summed E-state index contributed by atoms with van der Waals surface area (Å²) in [4.78, 5) is 36.5. The van der Waals surface area contributed by atoms with Crippen LogP contribution in [-0.2, 0) is 14.3 Å². The fourth-order valence-electron chi connectivity index (χ4n) is 4.61. The van der Waals surface area contributed by atoms with Crippen LogP contribution >= 0.6 is 0 Å². The number of hydrogen-bond acceptors (Lipinski definition) is 4. The van der Waals surface area contributed by atoms with E-state index in [2.05, 4.69) is 34.9 Å². The molecule has 2 amide bonds. The number of carbonyl (C=O) groups is 3. The minimum atomic E-state index is -0.931. The largest absolute Gasteiger partial charge is 0.481 e. The summed E-state index contributed by atoms with van der Waals surface area (Å²) >= 11 is 0. The maximum atomic E-state index is 12.7. The SMILES string of the molecule is CCCC[C@@H](CC(=O)NCC(C(=O)O)C(C)C)NC(=O)OCC1c2ccccc2-c2ccccc21. The molecule has 0 fully saturated rings. The van der Waals surface area contributed by atoms with E-state index in [1.165, 1.54) is 0 Å². The van der Waals surface area contributed by atoms with Gasteiger partial charge >= 0.3 is 12.1 Å². The van der Waals surface area contributed by atoms with Crippen LogP contribution < -0.4 is 10.6 Å². The minimum Gasteiger partial charge on any atom is -0.481 e. The molecule has 188 valence electrons. The Bertz CT molecular complexity index is 990. The number of unbranched alkanes of at least 4 members (excludes halogenated alkanes) is 1. The molecule has 0 spiro atoms. The van der Waals surface area contributed by atoms with Crippen LogP contribution in [0.3, 0.4) is 0 Å². The fraction of sp³-hybridized carbons (Fsp3) is 0.464. The number of benzene rings is 2. The van der Waals surface area contributed by atoms with Crippen molar-refractivity contribution in [3.8, 4) is 11.1 Å². The van der Waals surface area contributed by atoms with Crippen molar-refractivity contribution in [3.05, 3.63) is 59.7 Å². The Labute approximate surface area is 207 Å². The lowest BCUT2D eigenvalue weighted by molar-refractivity contribution is -0.143. The van der Waals surface area contributed by atoms with E-state index in [0.717, 1.165) is 35.1 Å². The van der Waals surface area contributed by atoms with Crippen LogP contribution in [0.2, 0.25) is 0 Å². The van der Waals surface area contributed by atoms with Gasteiger partial charge < -0.3 is 20.5 Å². The second-order valence-electron chi connectivity index (χ2n) is 9.51. The molecule has 7 heteroatoms. The molecule has 2 aromatic rings. The zero-order valence-corrected chi connectivity index (χ0v) is 20.8. The summed E-state index contributed by atoms with van der Waals surface area (Å²) in [5.74, 6) is -1.99. The molecule has 0 aliphatic heterocycles. The molecule has 2 atom stereocenters. The van der Waals surface area contributed by atoms with Crippen molar-refractivity contribution in [1.82, 2.24) is 10.6 Å². The molecule has 1 unspecified atom stereocenters. The first-order valence-corrected chi connectivity index (χ1v) is 12.4. The van der Waals surface area contributed by atoms with Crippen LogP contribution in [0.4, 0.5) is 4.79 Å². The van der Waals surface area contributed by atoms with E-state index < -0.39 is 18.0 Å². The maximum absolute atomic E-state index is 12.7. The zero-order valence-electron chi connectivity index (χ0n) is 20.8. The van der Waals surface area contributed by atoms with Crippen molar-refractivity contribution in [2.45, 2.75) is 58.4 Å². The van der Waals surface area contributed by atoms with E-state index in [9.17, 15) is 19.5 Å². The highest BCUT2D eigenvalue weighted by Crippen LogP contribution is 2.44. The van der Waals surface area contributed by atoms with Crippen LogP contribution in [-0.4, -0.2) is 42.3 Å². The standard InChI is InChI=1S/C28H36N2O5/c1-4-5-10-19(15-26(31)29-16-24(18(2)3)27(32)33)30-28(34)35-17-25-22-13-8-6-11-20(22)21-12-7-9-14-23(21)25/h6-9,11-14,18-19,24-25H,4-5,10,15-17H2,1-3H3,(H,29,31)(H,30,34)(H,32,33)/t19-,24?/m0/s1. The molecule has 35 heavy (non-hydrogen) atoms. The minimum absolute atomic E-state index is 0.0328. The highest BCUT2D eigenvalue weighted by atomic mass is 16.5. The number of carboxylic acid groups (broad SMARTS) is 1. The average Bonchev–Trinajstić information content (AvgIpc) is 3.14. The lowest BCUT2D eigenvalue weighted by Gasteiger charge is -2.21. The van der Waals surface area contributed by atoms with Gasteiger partial charge in [0.1, 0.15) is 6.61 Å². The predicted octanol–water partition coefficient (Wildman–Crippen LogP) is 4.95. The predicted molar refractivity (Wildman–Crippen MR) is 135 cm³/mol. The van der Waals surface area contributed by atoms with Crippen LogP contribution in [0.5, 0.6) is 0 Å². The van der Waals surface area contributed by atoms with Crippen LogP contribution in [0.1, 0.15) is 63.5 Å². The third-order valence-corrected chi connectivity index (χ3v) is 6.64. The van der Waals surface area contributed by atoms with Gasteiger partial charge in [-0.1, -0.05) is 82.1 Å². The summed E-state index contributed by atoms with van der Waals surface area (Å²) in [7, 11) is 0. The molecule has 0 radical (unpaired) electrons. The summed E-state index contributed by atoms with van der Waals surface area (Å²) in [6.07, 6.45) is 1.95. The number of hydrogen-bond donors (Lipinski definition) is 3. The first kappa shape index (κ1) is 26.3. The Morgan fingerprint density at radius 2 is 1.60 bits per heavy atom. The number of aliphatic carboxylic acids is 1. The number of fused-ring (bicyclic) bond motifs is 3. The maximum Gasteiger partial charge on any atom is 0.407 e. The summed E-state index contributed by atoms with van der Waals surface area (Å²) in [6.45, 7) is 5.95. The van der Waals surface area contributed by atoms with E-state index in [0.29, 0.717) is 6.42 Å². The van der Waals surface area contributed by atoms with Crippen molar-refractivity contribution in [3.63, 3.8) is 0 Å². The van der Waals surface area contributed by atoms with Crippen molar-refractivity contribution in [1.29, 1.82) is 0 Å². The number of ether oxygens (including phenoxy) is 1. The molecule has 0 heterocycles. The zero-order chi connectivity index (χ0) is 25.4. The van der Waals surface area contributed by atoms with Gasteiger partial charge in [-0.2, -0.15) is 0 Å². The molecular weight excluding hydrogens is 444 g/mol. The van der Waals surface area contributed by atoms with E-state index in [1.807, 2.05) is 45.0 Å². The Balaban J connectivity index is 1.57. The van der Waals surface area contributed by atoms with E-state index in [4.69, 9.17) is 4.74 Å². The third-order valence-electron chi connectivity index (χ3n) is 6.64. The molecule has 0 aromatic heterocycles. The number of carboxylic acids is 1. The Kier molecular flexibility index (Phi) is 9.29. The average molecular weight is 481 g/mol. The van der Waals surface area contributed by atoms with Gasteiger partial charge in [0, 0.05) is 24.9 Å². The molecule has 1 aliphatic carbocycles. The monoisotopic (exact) mass is 480 g/mol. The van der Waals surface area contributed by atoms with E-state index >= 15 is 0 Å². The third kappa shape index (κ3) is 6.84. The summed E-state index contributed by atoms with van der Waals surface area (Å²) < 4.78 is 5.63. The van der Waals surface area contributed by atoms with Crippen molar-refractivity contribution < 1.29 is 24.2 Å². The molecule has 0 saturated heterocycles. The topological polar surface area (TPSA) is 105 Å². The van der Waals surface area contributed by atoms with Crippen molar-refractivity contribution in [2.24, 2.45) is 11.8 Å². The normalized spacial score (nSPS) is 14.1. The molecule has 0 saturated carbocycles. The van der Waals surface area contributed by atoms with Crippen LogP contribution in [0, 0.1) is 11.8 Å². The number of carbonyl (C=O) groups excluding carboxylic acids is 2.